The molecule has 2 aromatic rings. The number of hydrogen-bond donors (Lipinski definition) is 0. The minimum Gasteiger partial charge on any atom is -0.489 e. The van der Waals surface area contributed by atoms with Crippen LogP contribution in [0.4, 0.5) is 0 Å². The van der Waals surface area contributed by atoms with Gasteiger partial charge in [0, 0.05) is 5.02 Å². The van der Waals surface area contributed by atoms with Crippen LogP contribution in [-0.4, -0.2) is 18.3 Å². The molecular weight excluding hydrogens is 322 g/mol. The maximum Gasteiger partial charge on any atom is 0.494 e. The fraction of sp³-hybridized carbons (Fsp3) is 0.368. The summed E-state index contributed by atoms with van der Waals surface area (Å²) in [6.07, 6.45) is 0. The summed E-state index contributed by atoms with van der Waals surface area (Å²) < 4.78 is 18.1. The fourth-order valence-corrected chi connectivity index (χ4v) is 2.60. The van der Waals surface area contributed by atoms with E-state index >= 15 is 0 Å². The Bertz CT molecular complexity index is 697. The Kier molecular flexibility index (Phi) is 4.65. The van der Waals surface area contributed by atoms with Crippen LogP contribution in [0.5, 0.6) is 5.75 Å². The molecule has 126 valence electrons. The molecule has 1 fully saturated rings. The lowest BCUT2D eigenvalue weighted by Gasteiger charge is -2.32. The highest BCUT2D eigenvalue weighted by Crippen LogP contribution is 2.36. The lowest BCUT2D eigenvalue weighted by atomic mass is 9.79. The highest BCUT2D eigenvalue weighted by molar-refractivity contribution is 6.62. The molecule has 1 aliphatic heterocycles. The van der Waals surface area contributed by atoms with Crippen molar-refractivity contribution in [1.82, 2.24) is 0 Å². The standard InChI is InChI=1S/C19H22BClO3/c1-18(2)19(3,4)24-20(23-18)15-6-5-7-17(12-15)22-13-14-8-10-16(21)11-9-14/h5-12H,13H2,1-4H3. The Hall–Kier alpha value is -1.49. The number of hydrogen-bond acceptors (Lipinski definition) is 3. The molecule has 3 rings (SSSR count). The number of halogens is 1. The smallest absolute Gasteiger partial charge is 0.489 e. The summed E-state index contributed by atoms with van der Waals surface area (Å²) in [5.41, 5.74) is 1.33. The van der Waals surface area contributed by atoms with Crippen LogP contribution in [0.15, 0.2) is 48.5 Å². The van der Waals surface area contributed by atoms with Gasteiger partial charge < -0.3 is 14.0 Å². The van der Waals surface area contributed by atoms with Gasteiger partial charge in [-0.05, 0) is 63.0 Å². The summed E-state index contributed by atoms with van der Waals surface area (Å²) in [4.78, 5) is 0. The Labute approximate surface area is 149 Å². The van der Waals surface area contributed by atoms with Gasteiger partial charge >= 0.3 is 7.12 Å². The summed E-state index contributed by atoms with van der Waals surface area (Å²) >= 11 is 5.90. The van der Waals surface area contributed by atoms with Gasteiger partial charge in [-0.15, -0.1) is 0 Å². The highest BCUT2D eigenvalue weighted by atomic mass is 35.5. The average Bonchev–Trinajstić information content (AvgIpc) is 2.75. The van der Waals surface area contributed by atoms with E-state index in [1.54, 1.807) is 0 Å². The largest absolute Gasteiger partial charge is 0.494 e. The van der Waals surface area contributed by atoms with E-state index in [9.17, 15) is 0 Å². The van der Waals surface area contributed by atoms with Gasteiger partial charge in [-0.1, -0.05) is 35.9 Å². The molecule has 0 radical (unpaired) electrons. The van der Waals surface area contributed by atoms with Gasteiger partial charge in [0.15, 0.2) is 0 Å². The third-order valence-corrected chi connectivity index (χ3v) is 4.95. The normalized spacial score (nSPS) is 18.6. The zero-order valence-corrected chi connectivity index (χ0v) is 15.3. The van der Waals surface area contributed by atoms with E-state index in [-0.39, 0.29) is 18.3 Å². The van der Waals surface area contributed by atoms with Crippen LogP contribution in [0.1, 0.15) is 33.3 Å². The van der Waals surface area contributed by atoms with E-state index in [4.69, 9.17) is 25.6 Å². The van der Waals surface area contributed by atoms with Crippen LogP contribution in [0.25, 0.3) is 0 Å². The molecule has 0 amide bonds. The lowest BCUT2D eigenvalue weighted by molar-refractivity contribution is 0.00578. The molecule has 0 N–H and O–H groups in total. The monoisotopic (exact) mass is 344 g/mol. The molecular formula is C19H22BClO3. The van der Waals surface area contributed by atoms with Crippen molar-refractivity contribution in [3.8, 4) is 5.75 Å². The van der Waals surface area contributed by atoms with Crippen molar-refractivity contribution in [3.05, 3.63) is 59.1 Å². The van der Waals surface area contributed by atoms with Crippen molar-refractivity contribution in [1.29, 1.82) is 0 Å². The van der Waals surface area contributed by atoms with Crippen LogP contribution in [0, 0.1) is 0 Å². The quantitative estimate of drug-likeness (QED) is 0.777. The molecule has 24 heavy (non-hydrogen) atoms. The molecule has 0 bridgehead atoms. The second-order valence-electron chi connectivity index (χ2n) is 7.08. The molecule has 0 aromatic heterocycles. The topological polar surface area (TPSA) is 27.7 Å². The van der Waals surface area contributed by atoms with E-state index in [0.29, 0.717) is 6.61 Å². The van der Waals surface area contributed by atoms with Crippen molar-refractivity contribution in [2.24, 2.45) is 0 Å². The average molecular weight is 345 g/mol. The predicted octanol–water partition coefficient (Wildman–Crippen LogP) is 4.22. The van der Waals surface area contributed by atoms with Gasteiger partial charge in [-0.3, -0.25) is 0 Å². The SMILES string of the molecule is CC1(C)OB(c2cccc(OCc3ccc(Cl)cc3)c2)OC1(C)C. The number of ether oxygens (including phenoxy) is 1. The molecule has 0 unspecified atom stereocenters. The van der Waals surface area contributed by atoms with E-state index in [1.807, 2.05) is 76.2 Å². The Morgan fingerprint density at radius 1 is 0.958 bits per heavy atom. The molecule has 0 atom stereocenters. The van der Waals surface area contributed by atoms with Crippen molar-refractivity contribution in [2.45, 2.75) is 45.5 Å². The van der Waals surface area contributed by atoms with Gasteiger partial charge in [0.2, 0.25) is 0 Å². The van der Waals surface area contributed by atoms with Crippen molar-refractivity contribution in [3.63, 3.8) is 0 Å². The molecule has 0 saturated carbocycles. The van der Waals surface area contributed by atoms with E-state index in [1.165, 1.54) is 0 Å². The minimum absolute atomic E-state index is 0.349. The third-order valence-electron chi connectivity index (χ3n) is 4.70. The molecule has 0 spiro atoms. The summed E-state index contributed by atoms with van der Waals surface area (Å²) in [5.74, 6) is 0.789. The fourth-order valence-electron chi connectivity index (χ4n) is 2.48. The third kappa shape index (κ3) is 3.61. The molecule has 3 nitrogen and oxygen atoms in total. The predicted molar refractivity (Wildman–Crippen MR) is 97.9 cm³/mol. The van der Waals surface area contributed by atoms with Gasteiger partial charge in [0.1, 0.15) is 12.4 Å². The van der Waals surface area contributed by atoms with Crippen molar-refractivity contribution < 1.29 is 14.0 Å². The molecule has 2 aromatic carbocycles. The maximum absolute atomic E-state index is 6.09. The van der Waals surface area contributed by atoms with Crippen molar-refractivity contribution >= 4 is 24.2 Å². The van der Waals surface area contributed by atoms with Crippen LogP contribution < -0.4 is 10.2 Å². The molecule has 1 aliphatic rings. The van der Waals surface area contributed by atoms with Crippen molar-refractivity contribution in [2.75, 3.05) is 0 Å². The van der Waals surface area contributed by atoms with Crippen LogP contribution in [0.2, 0.25) is 5.02 Å². The first kappa shape index (κ1) is 17.3. The number of rotatable bonds is 4. The highest BCUT2D eigenvalue weighted by Gasteiger charge is 2.51. The molecule has 1 heterocycles. The van der Waals surface area contributed by atoms with Crippen LogP contribution in [-0.2, 0) is 15.9 Å². The zero-order chi connectivity index (χ0) is 17.4. The van der Waals surface area contributed by atoms with E-state index in [0.717, 1.165) is 21.8 Å². The Morgan fingerprint density at radius 3 is 2.21 bits per heavy atom. The van der Waals surface area contributed by atoms with Gasteiger partial charge in [0.05, 0.1) is 11.2 Å². The first-order chi connectivity index (χ1) is 11.3. The lowest BCUT2D eigenvalue weighted by Crippen LogP contribution is -2.41. The van der Waals surface area contributed by atoms with E-state index in [2.05, 4.69) is 0 Å². The summed E-state index contributed by atoms with van der Waals surface area (Å²) in [6, 6.07) is 15.5. The first-order valence-corrected chi connectivity index (χ1v) is 8.47. The molecule has 1 saturated heterocycles. The molecule has 0 aliphatic carbocycles. The summed E-state index contributed by atoms with van der Waals surface area (Å²) in [5, 5.41) is 0.724. The van der Waals surface area contributed by atoms with Gasteiger partial charge in [-0.2, -0.15) is 0 Å². The summed E-state index contributed by atoms with van der Waals surface area (Å²) in [7, 11) is -0.380. The number of benzene rings is 2. The first-order valence-electron chi connectivity index (χ1n) is 8.10. The van der Waals surface area contributed by atoms with Gasteiger partial charge in [0.25, 0.3) is 0 Å². The van der Waals surface area contributed by atoms with Crippen LogP contribution in [0.3, 0.4) is 0 Å². The zero-order valence-electron chi connectivity index (χ0n) is 14.5. The minimum atomic E-state index is -0.380. The van der Waals surface area contributed by atoms with Crippen LogP contribution >= 0.6 is 11.6 Å². The Morgan fingerprint density at radius 2 is 1.58 bits per heavy atom. The molecule has 5 heteroatoms. The maximum atomic E-state index is 6.09. The summed E-state index contributed by atoms with van der Waals surface area (Å²) in [6.45, 7) is 8.69. The second kappa shape index (κ2) is 6.43. The van der Waals surface area contributed by atoms with Gasteiger partial charge in [-0.25, -0.2) is 0 Å². The second-order valence-corrected chi connectivity index (χ2v) is 7.51. The Balaban J connectivity index is 1.70. The van der Waals surface area contributed by atoms with E-state index < -0.39 is 0 Å².